The number of carbonyl (C=O) groups is 9. The molecule has 28 nitrogen and oxygen atoms in total. The molecule has 2 heterocycles. The highest BCUT2D eigenvalue weighted by molar-refractivity contribution is 6.03. The quantitative estimate of drug-likeness (QED) is 0.0231. The number of benzene rings is 1. The van der Waals surface area contributed by atoms with Crippen molar-refractivity contribution in [3.05, 3.63) is 52.1 Å². The third kappa shape index (κ3) is 13.8. The largest absolute Gasteiger partial charge is 0.481 e. The van der Waals surface area contributed by atoms with Crippen LogP contribution in [-0.2, 0) is 44.9 Å². The van der Waals surface area contributed by atoms with Gasteiger partial charge in [-0.1, -0.05) is 0 Å². The van der Waals surface area contributed by atoms with Gasteiger partial charge in [-0.15, -0.1) is 0 Å². The molecule has 1 aromatic carbocycles. The van der Waals surface area contributed by atoms with Crippen LogP contribution in [0.1, 0.15) is 61.5 Å². The molecule has 3 aromatic rings. The maximum Gasteiger partial charge on any atom is 0.326 e. The van der Waals surface area contributed by atoms with Gasteiger partial charge in [-0.05, 0) is 56.9 Å². The van der Waals surface area contributed by atoms with Crippen molar-refractivity contribution in [3.8, 4) is 0 Å². The van der Waals surface area contributed by atoms with Gasteiger partial charge < -0.3 is 69.5 Å². The molecule has 5 amide bonds. The number of hydrogen-bond donors (Lipinski definition) is 14. The van der Waals surface area contributed by atoms with E-state index in [1.54, 1.807) is 0 Å². The SMILES string of the molecule is C[C@@H](NC(=O)C1(NC(=O)[C@@H](CCCN=C(N)N)NC(=O)[C@@H](CC(=O)O)NC(=O)CC[C@@H](NC(=O)c2ccc(NCc3cnc4nc(N)[nH]c(=O)c4n3)cc2)C(=O)O)CC1C(=O)O)C(=O)O. The molecular formula is C37H46N14O14. The lowest BCUT2D eigenvalue weighted by atomic mass is 10.1. The number of aromatic amines is 1. The molecular weight excluding hydrogens is 864 g/mol. The third-order valence-corrected chi connectivity index (χ3v) is 9.71. The van der Waals surface area contributed by atoms with Gasteiger partial charge in [0.2, 0.25) is 29.6 Å². The number of fused-ring (bicyclic) bond motifs is 1. The van der Waals surface area contributed by atoms with Crippen molar-refractivity contribution in [1.82, 2.24) is 46.5 Å². The number of carbonyl (C=O) groups excluding carboxylic acids is 5. The Labute approximate surface area is 365 Å². The first-order valence-electron chi connectivity index (χ1n) is 19.4. The van der Waals surface area contributed by atoms with Crippen molar-refractivity contribution >= 4 is 82.2 Å². The summed E-state index contributed by atoms with van der Waals surface area (Å²) in [5.41, 5.74) is 14.5. The standard InChI is InChI=1S/C37H46N14O14/c1-15(31(59)60)44-34(65)37(12-19(37)32(61)62)51-29(57)20(3-2-10-41-35(38)39)47-28(56)22(11-24(53)54)46-23(52)9-8-21(33(63)64)48-27(55)16-4-6-17(7-5-16)42-13-18-14-43-26-25(45-18)30(58)50-36(40)49-26/h4-7,14-15,19-22,42H,2-3,8-13H2,1H3,(H,44,65)(H,46,52)(H,47,56)(H,48,55)(H,51,57)(H,53,54)(H,59,60)(H,61,62)(H,63,64)(H4,38,39,41)(H3,40,43,49,50,58)/t15-,19?,20-,21-,22-,37?/m1/s1. The van der Waals surface area contributed by atoms with Crippen LogP contribution < -0.4 is 54.7 Å². The molecule has 0 saturated heterocycles. The van der Waals surface area contributed by atoms with E-state index in [4.69, 9.17) is 17.2 Å². The number of nitrogens with one attached hydrogen (secondary N) is 7. The van der Waals surface area contributed by atoms with Crippen molar-refractivity contribution in [2.24, 2.45) is 22.4 Å². The Morgan fingerprint density at radius 3 is 2.17 bits per heavy atom. The van der Waals surface area contributed by atoms with Gasteiger partial charge in [0.05, 0.1) is 30.8 Å². The first kappa shape index (κ1) is 49.2. The number of H-pyrrole nitrogens is 1. The second-order valence-electron chi connectivity index (χ2n) is 14.6. The lowest BCUT2D eigenvalue weighted by Gasteiger charge is -2.26. The number of rotatable bonds is 24. The van der Waals surface area contributed by atoms with E-state index in [0.717, 1.165) is 6.92 Å². The minimum absolute atomic E-state index is 0.00589. The number of amides is 5. The molecule has 0 radical (unpaired) electrons. The molecule has 348 valence electrons. The zero-order valence-corrected chi connectivity index (χ0v) is 34.3. The number of aromatic nitrogens is 4. The molecule has 1 fully saturated rings. The van der Waals surface area contributed by atoms with Gasteiger partial charge in [-0.25, -0.2) is 14.8 Å². The number of guanidine groups is 1. The van der Waals surface area contributed by atoms with Crippen molar-refractivity contribution in [2.45, 2.75) is 81.7 Å². The number of anilines is 2. The van der Waals surface area contributed by atoms with Crippen LogP contribution in [0.3, 0.4) is 0 Å². The summed E-state index contributed by atoms with van der Waals surface area (Å²) < 4.78 is 0. The Balaban J connectivity index is 1.38. The van der Waals surface area contributed by atoms with Crippen molar-refractivity contribution < 1.29 is 63.6 Å². The van der Waals surface area contributed by atoms with Crippen LogP contribution in [0.2, 0.25) is 0 Å². The molecule has 17 N–H and O–H groups in total. The van der Waals surface area contributed by atoms with Crippen LogP contribution in [0.5, 0.6) is 0 Å². The van der Waals surface area contributed by atoms with Crippen LogP contribution in [0.4, 0.5) is 11.6 Å². The maximum absolute atomic E-state index is 13.6. The molecule has 1 aliphatic rings. The first-order chi connectivity index (χ1) is 30.6. The van der Waals surface area contributed by atoms with Gasteiger partial charge in [-0.2, -0.15) is 4.98 Å². The maximum atomic E-state index is 13.6. The Hall–Kier alpha value is -8.46. The number of nitrogens with two attached hydrogens (primary N) is 3. The summed E-state index contributed by atoms with van der Waals surface area (Å²) in [5, 5.41) is 52.3. The summed E-state index contributed by atoms with van der Waals surface area (Å²) in [4.78, 5) is 144. The van der Waals surface area contributed by atoms with E-state index in [9.17, 15) is 68.4 Å². The molecule has 2 unspecified atom stereocenters. The van der Waals surface area contributed by atoms with Crippen molar-refractivity contribution in [3.63, 3.8) is 0 Å². The van der Waals surface area contributed by atoms with Crippen LogP contribution in [-0.4, -0.2) is 136 Å². The zero-order valence-electron chi connectivity index (χ0n) is 34.3. The second-order valence-corrected chi connectivity index (χ2v) is 14.6. The highest BCUT2D eigenvalue weighted by Gasteiger charge is 2.65. The molecule has 0 spiro atoms. The Morgan fingerprint density at radius 2 is 1.57 bits per heavy atom. The fraction of sp³-hybridized carbons (Fsp3) is 0.405. The van der Waals surface area contributed by atoms with Crippen LogP contribution in [0.15, 0.2) is 40.2 Å². The Bertz CT molecular complexity index is 2440. The molecule has 2 aromatic heterocycles. The zero-order chi connectivity index (χ0) is 48.2. The normalized spacial score (nSPS) is 16.8. The number of nitrogen functional groups attached to an aromatic ring is 1. The number of hydrogen-bond acceptors (Lipinski definition) is 16. The first-order valence-corrected chi connectivity index (χ1v) is 19.4. The van der Waals surface area contributed by atoms with Gasteiger partial charge in [0.25, 0.3) is 11.5 Å². The summed E-state index contributed by atoms with van der Waals surface area (Å²) in [6.07, 6.45) is -1.55. The average molecular weight is 911 g/mol. The molecule has 1 saturated carbocycles. The lowest BCUT2D eigenvalue weighted by Crippen LogP contribution is -2.59. The Morgan fingerprint density at radius 1 is 0.877 bits per heavy atom. The average Bonchev–Trinajstić information content (AvgIpc) is 3.97. The van der Waals surface area contributed by atoms with E-state index in [1.165, 1.54) is 30.5 Å². The Kier molecular flexibility index (Phi) is 16.3. The third-order valence-electron chi connectivity index (χ3n) is 9.71. The number of aliphatic carboxylic acids is 4. The minimum atomic E-state index is -2.12. The van der Waals surface area contributed by atoms with Crippen molar-refractivity contribution in [1.29, 1.82) is 0 Å². The molecule has 6 atom stereocenters. The highest BCUT2D eigenvalue weighted by atomic mass is 16.4. The smallest absolute Gasteiger partial charge is 0.326 e. The summed E-state index contributed by atoms with van der Waals surface area (Å²) in [5.74, 6) is -13.3. The van der Waals surface area contributed by atoms with Crippen LogP contribution in [0.25, 0.3) is 11.2 Å². The molecule has 0 bridgehead atoms. The predicted molar refractivity (Wildman–Crippen MR) is 222 cm³/mol. The van der Waals surface area contributed by atoms with Crippen molar-refractivity contribution in [2.75, 3.05) is 17.6 Å². The molecule has 0 aliphatic heterocycles. The predicted octanol–water partition coefficient (Wildman–Crippen LogP) is -4.08. The summed E-state index contributed by atoms with van der Waals surface area (Å²) in [6, 6.07) is -0.857. The number of aliphatic imine (C=N–C) groups is 1. The summed E-state index contributed by atoms with van der Waals surface area (Å²) >= 11 is 0. The number of carboxylic acid groups (broad SMARTS) is 4. The summed E-state index contributed by atoms with van der Waals surface area (Å²) in [7, 11) is 0. The molecule has 1 aliphatic carbocycles. The molecule has 28 heteroatoms. The highest BCUT2D eigenvalue weighted by Crippen LogP contribution is 2.44. The van der Waals surface area contributed by atoms with E-state index in [0.29, 0.717) is 11.4 Å². The molecule has 4 rings (SSSR count). The van der Waals surface area contributed by atoms with E-state index in [2.05, 4.69) is 56.8 Å². The second kappa shape index (κ2) is 21.6. The van der Waals surface area contributed by atoms with E-state index < -0.39 is 120 Å². The van der Waals surface area contributed by atoms with E-state index in [1.807, 2.05) is 0 Å². The van der Waals surface area contributed by atoms with Crippen LogP contribution in [0, 0.1) is 5.92 Å². The topological polar surface area (TPSA) is 469 Å². The number of carboxylic acids is 4. The van der Waals surface area contributed by atoms with E-state index in [-0.39, 0.29) is 54.6 Å². The van der Waals surface area contributed by atoms with Gasteiger partial charge in [0.15, 0.2) is 17.1 Å². The van der Waals surface area contributed by atoms with Crippen LogP contribution >= 0.6 is 0 Å². The van der Waals surface area contributed by atoms with Gasteiger partial charge in [0.1, 0.15) is 29.7 Å². The fourth-order valence-electron chi connectivity index (χ4n) is 6.16. The van der Waals surface area contributed by atoms with Gasteiger partial charge in [0, 0.05) is 24.2 Å². The van der Waals surface area contributed by atoms with Gasteiger partial charge >= 0.3 is 23.9 Å². The van der Waals surface area contributed by atoms with Gasteiger partial charge in [-0.3, -0.25) is 53.1 Å². The molecule has 65 heavy (non-hydrogen) atoms. The summed E-state index contributed by atoms with van der Waals surface area (Å²) in [6.45, 7) is 1.13. The lowest BCUT2D eigenvalue weighted by molar-refractivity contribution is -0.143. The monoisotopic (exact) mass is 910 g/mol. The minimum Gasteiger partial charge on any atom is -0.481 e. The van der Waals surface area contributed by atoms with E-state index >= 15 is 0 Å². The number of nitrogens with zero attached hydrogens (tertiary/aromatic N) is 4. The fourth-order valence-corrected chi connectivity index (χ4v) is 6.16.